The van der Waals surface area contributed by atoms with Gasteiger partial charge in [0.15, 0.2) is 5.96 Å². The summed E-state index contributed by atoms with van der Waals surface area (Å²) in [5.41, 5.74) is 4.41. The second kappa shape index (κ2) is 3.76. The van der Waals surface area contributed by atoms with Gasteiger partial charge in [-0.05, 0) is 24.3 Å². The predicted molar refractivity (Wildman–Crippen MR) is 62.6 cm³/mol. The second-order valence-corrected chi connectivity index (χ2v) is 4.04. The number of furan rings is 2. The second-order valence-electron chi connectivity index (χ2n) is 4.04. The van der Waals surface area contributed by atoms with Crippen LogP contribution in [0.3, 0.4) is 0 Å². The number of rotatable bonds is 3. The lowest BCUT2D eigenvalue weighted by molar-refractivity contribution is -0.124. The molecule has 92 valence electrons. The molecule has 0 unspecified atom stereocenters. The SMILES string of the molecule is NC1=N[C@](Cc2ccco2)(c2ccco2)C(=O)N1. The third kappa shape index (κ3) is 1.50. The van der Waals surface area contributed by atoms with Crippen molar-refractivity contribution < 1.29 is 13.6 Å². The van der Waals surface area contributed by atoms with Crippen molar-refractivity contribution in [1.82, 2.24) is 5.32 Å². The van der Waals surface area contributed by atoms with Gasteiger partial charge in [-0.1, -0.05) is 0 Å². The summed E-state index contributed by atoms with van der Waals surface area (Å²) in [5.74, 6) is 0.853. The van der Waals surface area contributed by atoms with E-state index < -0.39 is 5.54 Å². The van der Waals surface area contributed by atoms with E-state index in [1.807, 2.05) is 0 Å². The van der Waals surface area contributed by atoms with E-state index in [9.17, 15) is 4.79 Å². The molecule has 3 N–H and O–H groups in total. The highest BCUT2D eigenvalue weighted by Gasteiger charge is 2.48. The van der Waals surface area contributed by atoms with Gasteiger partial charge < -0.3 is 14.6 Å². The van der Waals surface area contributed by atoms with Crippen molar-refractivity contribution >= 4 is 11.9 Å². The first-order valence-corrected chi connectivity index (χ1v) is 5.44. The summed E-state index contributed by atoms with van der Waals surface area (Å²) in [6, 6.07) is 6.94. The summed E-state index contributed by atoms with van der Waals surface area (Å²) < 4.78 is 10.6. The van der Waals surface area contributed by atoms with Crippen LogP contribution >= 0.6 is 0 Å². The van der Waals surface area contributed by atoms with Crippen molar-refractivity contribution in [1.29, 1.82) is 0 Å². The Labute approximate surface area is 102 Å². The molecule has 2 aromatic heterocycles. The molecule has 1 aliphatic rings. The van der Waals surface area contributed by atoms with E-state index in [-0.39, 0.29) is 18.3 Å². The molecule has 3 heterocycles. The first-order chi connectivity index (χ1) is 8.71. The highest BCUT2D eigenvalue weighted by atomic mass is 16.3. The number of nitrogens with zero attached hydrogens (tertiary/aromatic N) is 1. The average molecular weight is 245 g/mol. The highest BCUT2D eigenvalue weighted by Crippen LogP contribution is 2.33. The lowest BCUT2D eigenvalue weighted by Crippen LogP contribution is -2.40. The fourth-order valence-electron chi connectivity index (χ4n) is 2.06. The average Bonchev–Trinajstić information content (AvgIpc) is 3.03. The molecule has 0 fully saturated rings. The van der Waals surface area contributed by atoms with Crippen LogP contribution < -0.4 is 11.1 Å². The van der Waals surface area contributed by atoms with Crippen molar-refractivity contribution in [3.8, 4) is 0 Å². The van der Waals surface area contributed by atoms with Crippen LogP contribution in [-0.2, 0) is 16.8 Å². The minimum atomic E-state index is -1.18. The first-order valence-electron chi connectivity index (χ1n) is 5.44. The number of amides is 1. The number of carbonyl (C=O) groups is 1. The Morgan fingerprint density at radius 1 is 1.28 bits per heavy atom. The zero-order valence-corrected chi connectivity index (χ0v) is 9.42. The maximum Gasteiger partial charge on any atom is 0.263 e. The molecule has 0 bridgehead atoms. The van der Waals surface area contributed by atoms with E-state index in [4.69, 9.17) is 14.6 Å². The van der Waals surface area contributed by atoms with Gasteiger partial charge in [0, 0.05) is 6.42 Å². The number of guanidine groups is 1. The van der Waals surface area contributed by atoms with Gasteiger partial charge in [-0.2, -0.15) is 0 Å². The van der Waals surface area contributed by atoms with E-state index in [0.29, 0.717) is 11.5 Å². The van der Waals surface area contributed by atoms with Crippen molar-refractivity contribution in [2.75, 3.05) is 0 Å². The fraction of sp³-hybridized carbons (Fsp3) is 0.167. The molecule has 6 nitrogen and oxygen atoms in total. The number of nitrogens with one attached hydrogen (secondary N) is 1. The molecule has 2 aromatic rings. The number of nitrogens with two attached hydrogens (primary N) is 1. The van der Waals surface area contributed by atoms with Crippen LogP contribution in [0.25, 0.3) is 0 Å². The lowest BCUT2D eigenvalue weighted by Gasteiger charge is -2.19. The zero-order chi connectivity index (χ0) is 12.6. The van der Waals surface area contributed by atoms with Gasteiger partial charge >= 0.3 is 0 Å². The van der Waals surface area contributed by atoms with Gasteiger partial charge in [-0.3, -0.25) is 10.1 Å². The van der Waals surface area contributed by atoms with E-state index in [2.05, 4.69) is 10.3 Å². The number of carbonyl (C=O) groups excluding carboxylic acids is 1. The summed E-state index contributed by atoms with van der Waals surface area (Å²) in [5, 5.41) is 2.50. The lowest BCUT2D eigenvalue weighted by atomic mass is 9.91. The van der Waals surface area contributed by atoms with Gasteiger partial charge in [-0.15, -0.1) is 0 Å². The molecule has 3 rings (SSSR count). The third-order valence-corrected chi connectivity index (χ3v) is 2.87. The molecular formula is C12H11N3O3. The Kier molecular flexibility index (Phi) is 2.22. The molecule has 0 aromatic carbocycles. The summed E-state index contributed by atoms with van der Waals surface area (Å²) in [7, 11) is 0. The molecular weight excluding hydrogens is 234 g/mol. The van der Waals surface area contributed by atoms with Crippen molar-refractivity contribution in [2.24, 2.45) is 10.7 Å². The van der Waals surface area contributed by atoms with Crippen LogP contribution in [0, 0.1) is 0 Å². The molecule has 0 saturated heterocycles. The molecule has 0 spiro atoms. The predicted octanol–water partition coefficient (Wildman–Crippen LogP) is 0.755. The van der Waals surface area contributed by atoms with Gasteiger partial charge in [0.05, 0.1) is 12.5 Å². The van der Waals surface area contributed by atoms with Gasteiger partial charge in [0.25, 0.3) is 5.91 Å². The Hall–Kier alpha value is -2.50. The minimum absolute atomic E-state index is 0.0861. The molecule has 0 saturated carbocycles. The quantitative estimate of drug-likeness (QED) is 0.834. The molecule has 0 aliphatic carbocycles. The molecule has 18 heavy (non-hydrogen) atoms. The van der Waals surface area contributed by atoms with Gasteiger partial charge in [0.2, 0.25) is 5.54 Å². The van der Waals surface area contributed by atoms with Crippen LogP contribution in [0.4, 0.5) is 0 Å². The zero-order valence-electron chi connectivity index (χ0n) is 9.42. The Morgan fingerprint density at radius 2 is 2.06 bits per heavy atom. The van der Waals surface area contributed by atoms with E-state index in [1.165, 1.54) is 6.26 Å². The van der Waals surface area contributed by atoms with Gasteiger partial charge in [-0.25, -0.2) is 4.99 Å². The topological polar surface area (TPSA) is 93.8 Å². The van der Waals surface area contributed by atoms with Crippen molar-refractivity contribution in [3.05, 3.63) is 48.3 Å². The van der Waals surface area contributed by atoms with Crippen LogP contribution in [0.5, 0.6) is 0 Å². The molecule has 6 heteroatoms. The minimum Gasteiger partial charge on any atom is -0.469 e. The van der Waals surface area contributed by atoms with E-state index in [1.54, 1.807) is 30.5 Å². The van der Waals surface area contributed by atoms with Crippen molar-refractivity contribution in [2.45, 2.75) is 12.0 Å². The summed E-state index contributed by atoms with van der Waals surface area (Å²) in [6.07, 6.45) is 3.31. The highest BCUT2D eigenvalue weighted by molar-refractivity contribution is 6.06. The van der Waals surface area contributed by atoms with Crippen LogP contribution in [-0.4, -0.2) is 11.9 Å². The Morgan fingerprint density at radius 3 is 2.61 bits per heavy atom. The van der Waals surface area contributed by atoms with E-state index >= 15 is 0 Å². The fourth-order valence-corrected chi connectivity index (χ4v) is 2.06. The normalized spacial score (nSPS) is 22.9. The molecule has 1 atom stereocenters. The van der Waals surface area contributed by atoms with Crippen LogP contribution in [0.2, 0.25) is 0 Å². The summed E-state index contributed by atoms with van der Waals surface area (Å²) in [4.78, 5) is 16.3. The molecule has 1 amide bonds. The molecule has 1 aliphatic heterocycles. The largest absolute Gasteiger partial charge is 0.469 e. The van der Waals surface area contributed by atoms with Gasteiger partial charge in [0.1, 0.15) is 11.5 Å². The maximum atomic E-state index is 12.1. The number of hydrogen-bond donors (Lipinski definition) is 2. The Balaban J connectivity index is 2.07. The standard InChI is InChI=1S/C12H11N3O3/c13-11-14-10(16)12(15-11,9-4-2-6-18-9)7-8-3-1-5-17-8/h1-6H,7H2,(H3,13,14,15,16)/t12-/m1/s1. The van der Waals surface area contributed by atoms with E-state index in [0.717, 1.165) is 0 Å². The van der Waals surface area contributed by atoms with Crippen molar-refractivity contribution in [3.63, 3.8) is 0 Å². The first kappa shape index (κ1) is 10.6. The maximum absolute atomic E-state index is 12.1. The molecule has 0 radical (unpaired) electrons. The van der Waals surface area contributed by atoms with Crippen LogP contribution in [0.1, 0.15) is 11.5 Å². The monoisotopic (exact) mass is 245 g/mol. The summed E-state index contributed by atoms with van der Waals surface area (Å²) in [6.45, 7) is 0. The Bertz CT molecular complexity index is 586. The summed E-state index contributed by atoms with van der Waals surface area (Å²) >= 11 is 0. The number of hydrogen-bond acceptors (Lipinski definition) is 5. The van der Waals surface area contributed by atoms with Crippen LogP contribution in [0.15, 0.2) is 50.6 Å². The number of aliphatic imine (C=N–C) groups is 1. The smallest absolute Gasteiger partial charge is 0.263 e. The third-order valence-electron chi connectivity index (χ3n) is 2.87.